The lowest BCUT2D eigenvalue weighted by molar-refractivity contribution is 0.529. The summed E-state index contributed by atoms with van der Waals surface area (Å²) in [7, 11) is 0. The molecule has 0 heterocycles. The Kier molecular flexibility index (Phi) is 17.3. The van der Waals surface area contributed by atoms with Gasteiger partial charge in [0.05, 0.1) is 10.9 Å². The molecule has 0 aromatic carbocycles. The molecule has 128 valence electrons. The van der Waals surface area contributed by atoms with Crippen LogP contribution in [-0.4, -0.2) is 10.9 Å². The summed E-state index contributed by atoms with van der Waals surface area (Å²) in [6.45, 7) is 2.28. The Morgan fingerprint density at radius 3 is 1.29 bits per heavy atom. The van der Waals surface area contributed by atoms with E-state index < -0.39 is 5.50 Å². The van der Waals surface area contributed by atoms with Crippen molar-refractivity contribution < 1.29 is 0 Å². The van der Waals surface area contributed by atoms with Gasteiger partial charge in [0.1, 0.15) is 0 Å². The number of alkyl halides is 2. The molecule has 0 aliphatic heterocycles. The lowest BCUT2D eigenvalue weighted by Gasteiger charge is -2.10. The zero-order valence-corrected chi connectivity index (χ0v) is 15.6. The molecule has 2 N–H and O–H groups in total. The molecule has 0 amide bonds. The minimum atomic E-state index is -0.395. The van der Waals surface area contributed by atoms with Crippen LogP contribution >= 0.6 is 23.2 Å². The molecule has 0 fully saturated rings. The molecule has 0 saturated heterocycles. The van der Waals surface area contributed by atoms with Gasteiger partial charge in [0.15, 0.2) is 0 Å². The van der Waals surface area contributed by atoms with Crippen molar-refractivity contribution in [1.29, 1.82) is 0 Å². The highest BCUT2D eigenvalue weighted by atomic mass is 35.5. The molecule has 0 aliphatic rings. The van der Waals surface area contributed by atoms with E-state index in [1.54, 1.807) is 0 Å². The smallest absolute Gasteiger partial charge is 0.0966 e. The summed E-state index contributed by atoms with van der Waals surface area (Å²) in [6, 6.07) is 0. The normalized spacial score (nSPS) is 14.3. The Labute approximate surface area is 143 Å². The topological polar surface area (TPSA) is 26.0 Å². The van der Waals surface area contributed by atoms with Crippen LogP contribution in [0.2, 0.25) is 0 Å². The van der Waals surface area contributed by atoms with Crippen molar-refractivity contribution in [1.82, 2.24) is 0 Å². The molecule has 0 aliphatic carbocycles. The van der Waals surface area contributed by atoms with Gasteiger partial charge in [0, 0.05) is 0 Å². The van der Waals surface area contributed by atoms with Crippen molar-refractivity contribution in [3.8, 4) is 0 Å². The minimum absolute atomic E-state index is 0.0657. The third kappa shape index (κ3) is 16.7. The van der Waals surface area contributed by atoms with E-state index in [0.717, 1.165) is 12.8 Å². The van der Waals surface area contributed by atoms with Gasteiger partial charge in [-0.05, 0) is 6.42 Å². The van der Waals surface area contributed by atoms with Gasteiger partial charge in [0.2, 0.25) is 0 Å². The van der Waals surface area contributed by atoms with Gasteiger partial charge in [0.25, 0.3) is 0 Å². The minimum Gasteiger partial charge on any atom is -0.314 e. The van der Waals surface area contributed by atoms with E-state index in [1.165, 1.54) is 83.5 Å². The highest BCUT2D eigenvalue weighted by Crippen LogP contribution is 2.16. The molecule has 0 aromatic heterocycles. The quantitative estimate of drug-likeness (QED) is 0.183. The SMILES string of the molecule is CCCCCCCCCCCCCCCCC(Cl)C(N)Cl. The summed E-state index contributed by atoms with van der Waals surface area (Å²) in [6.07, 6.45) is 20.3. The van der Waals surface area contributed by atoms with Gasteiger partial charge in [-0.3, -0.25) is 0 Å². The van der Waals surface area contributed by atoms with E-state index in [0.29, 0.717) is 0 Å². The van der Waals surface area contributed by atoms with Crippen molar-refractivity contribution in [2.24, 2.45) is 5.73 Å². The summed E-state index contributed by atoms with van der Waals surface area (Å²) < 4.78 is 0. The van der Waals surface area contributed by atoms with Crippen LogP contribution in [0.5, 0.6) is 0 Å². The van der Waals surface area contributed by atoms with Crippen LogP contribution in [0.25, 0.3) is 0 Å². The summed E-state index contributed by atoms with van der Waals surface area (Å²) in [4.78, 5) is 0. The predicted octanol–water partition coefficient (Wildman–Crippen LogP) is 6.99. The van der Waals surface area contributed by atoms with E-state index in [2.05, 4.69) is 6.92 Å². The molecule has 0 bridgehead atoms. The van der Waals surface area contributed by atoms with E-state index in [9.17, 15) is 0 Å². The summed E-state index contributed by atoms with van der Waals surface area (Å²) in [5.41, 5.74) is 5.13. The van der Waals surface area contributed by atoms with Crippen molar-refractivity contribution in [3.05, 3.63) is 0 Å². The number of hydrogen-bond acceptors (Lipinski definition) is 1. The Balaban J connectivity index is 3.03. The average Bonchev–Trinajstić information content (AvgIpc) is 2.47. The number of unbranched alkanes of at least 4 members (excludes halogenated alkanes) is 13. The van der Waals surface area contributed by atoms with Crippen LogP contribution in [-0.2, 0) is 0 Å². The number of halogens is 2. The summed E-state index contributed by atoms with van der Waals surface area (Å²) in [5.74, 6) is 0. The molecule has 2 atom stereocenters. The maximum absolute atomic E-state index is 6.01. The highest BCUT2D eigenvalue weighted by Gasteiger charge is 2.10. The Hall–Kier alpha value is 0.540. The van der Waals surface area contributed by atoms with Gasteiger partial charge in [-0.25, -0.2) is 0 Å². The zero-order valence-electron chi connectivity index (χ0n) is 14.1. The Morgan fingerprint density at radius 2 is 0.952 bits per heavy atom. The van der Waals surface area contributed by atoms with Crippen molar-refractivity contribution >= 4 is 23.2 Å². The van der Waals surface area contributed by atoms with E-state index in [-0.39, 0.29) is 5.38 Å². The maximum atomic E-state index is 6.01. The molecule has 3 heteroatoms. The van der Waals surface area contributed by atoms with Crippen molar-refractivity contribution in [2.45, 2.75) is 114 Å². The van der Waals surface area contributed by atoms with Crippen LogP contribution in [0.15, 0.2) is 0 Å². The highest BCUT2D eigenvalue weighted by molar-refractivity contribution is 6.29. The number of hydrogen-bond donors (Lipinski definition) is 1. The van der Waals surface area contributed by atoms with Gasteiger partial charge in [-0.15, -0.1) is 23.2 Å². The molecule has 0 spiro atoms. The fraction of sp³-hybridized carbons (Fsp3) is 1.00. The standard InChI is InChI=1S/C18H37Cl2N/c1-2-3-4-5-6-7-8-9-10-11-12-13-14-15-16-17(19)18(20)21/h17-18H,2-16,21H2,1H3. The molecule has 21 heavy (non-hydrogen) atoms. The van der Waals surface area contributed by atoms with Crippen LogP contribution < -0.4 is 5.73 Å². The zero-order chi connectivity index (χ0) is 15.8. The van der Waals surface area contributed by atoms with Crippen LogP contribution in [0.1, 0.15) is 103 Å². The molecule has 0 saturated carbocycles. The Bertz CT molecular complexity index is 198. The third-order valence-electron chi connectivity index (χ3n) is 4.18. The first kappa shape index (κ1) is 21.5. The number of nitrogens with two attached hydrogens (primary N) is 1. The molecular weight excluding hydrogens is 301 g/mol. The van der Waals surface area contributed by atoms with E-state index in [4.69, 9.17) is 28.9 Å². The lowest BCUT2D eigenvalue weighted by atomic mass is 10.0. The van der Waals surface area contributed by atoms with Crippen molar-refractivity contribution in [2.75, 3.05) is 0 Å². The second-order valence-corrected chi connectivity index (χ2v) is 7.41. The first-order valence-corrected chi connectivity index (χ1v) is 10.1. The maximum Gasteiger partial charge on any atom is 0.0966 e. The molecule has 0 radical (unpaired) electrons. The lowest BCUT2D eigenvalue weighted by Crippen LogP contribution is -2.24. The van der Waals surface area contributed by atoms with Crippen molar-refractivity contribution in [3.63, 3.8) is 0 Å². The number of rotatable bonds is 16. The largest absolute Gasteiger partial charge is 0.314 e. The first-order valence-electron chi connectivity index (χ1n) is 9.22. The average molecular weight is 338 g/mol. The fourth-order valence-electron chi connectivity index (χ4n) is 2.69. The second-order valence-electron chi connectivity index (χ2n) is 6.35. The van der Waals surface area contributed by atoms with E-state index >= 15 is 0 Å². The second kappa shape index (κ2) is 16.9. The molecule has 0 aromatic rings. The molecule has 0 rings (SSSR count). The van der Waals surface area contributed by atoms with Gasteiger partial charge in [-0.2, -0.15) is 0 Å². The molecule has 2 unspecified atom stereocenters. The van der Waals surface area contributed by atoms with Crippen LogP contribution in [0.4, 0.5) is 0 Å². The predicted molar refractivity (Wildman–Crippen MR) is 98.4 cm³/mol. The fourth-order valence-corrected chi connectivity index (χ4v) is 2.97. The Morgan fingerprint density at radius 1 is 0.619 bits per heavy atom. The summed E-state index contributed by atoms with van der Waals surface area (Å²) in [5, 5.41) is -0.0657. The van der Waals surface area contributed by atoms with Gasteiger partial charge in [-0.1, -0.05) is 96.8 Å². The molecular formula is C18H37Cl2N. The molecule has 1 nitrogen and oxygen atoms in total. The van der Waals surface area contributed by atoms with Crippen LogP contribution in [0.3, 0.4) is 0 Å². The monoisotopic (exact) mass is 337 g/mol. The van der Waals surface area contributed by atoms with Crippen LogP contribution in [0, 0.1) is 0 Å². The first-order chi connectivity index (χ1) is 10.2. The summed E-state index contributed by atoms with van der Waals surface area (Å²) >= 11 is 11.7. The third-order valence-corrected chi connectivity index (χ3v) is 5.10. The van der Waals surface area contributed by atoms with Gasteiger partial charge < -0.3 is 5.73 Å². The van der Waals surface area contributed by atoms with E-state index in [1.807, 2.05) is 0 Å². The van der Waals surface area contributed by atoms with Gasteiger partial charge >= 0.3 is 0 Å².